The number of urea groups is 1. The smallest absolute Gasteiger partial charge is 0.312 e. The number of carbonyl (C=O) groups is 1. The van der Waals surface area contributed by atoms with Gasteiger partial charge in [0.15, 0.2) is 0 Å². The van der Waals surface area contributed by atoms with Crippen LogP contribution in [0.25, 0.3) is 0 Å². The fourth-order valence-corrected chi connectivity index (χ4v) is 1.96. The van der Waals surface area contributed by atoms with Crippen molar-refractivity contribution in [2.45, 2.75) is 18.4 Å². The molecule has 1 saturated carbocycles. The summed E-state index contributed by atoms with van der Waals surface area (Å²) in [6.45, 7) is 0. The summed E-state index contributed by atoms with van der Waals surface area (Å²) in [5.74, 6) is 0.312. The van der Waals surface area contributed by atoms with Gasteiger partial charge in [-0.3, -0.25) is 0 Å². The molecule has 1 aromatic carbocycles. The van der Waals surface area contributed by atoms with Gasteiger partial charge in [-0.25, -0.2) is 4.79 Å². The van der Waals surface area contributed by atoms with Crippen LogP contribution in [0.4, 0.5) is 4.79 Å². The average molecular weight is 245 g/mol. The molecule has 5 heteroatoms. The number of hydrogen-bond acceptors (Lipinski definition) is 1. The van der Waals surface area contributed by atoms with Crippen LogP contribution in [0.2, 0.25) is 10.0 Å². The zero-order valence-corrected chi connectivity index (χ0v) is 9.35. The predicted molar refractivity (Wildman–Crippen MR) is 60.3 cm³/mol. The van der Waals surface area contributed by atoms with Gasteiger partial charge >= 0.3 is 6.03 Å². The Balaban J connectivity index is 2.07. The van der Waals surface area contributed by atoms with E-state index in [-0.39, 0.29) is 6.04 Å². The lowest BCUT2D eigenvalue weighted by Gasteiger charge is -2.03. The average Bonchev–Trinajstić information content (AvgIpc) is 2.88. The largest absolute Gasteiger partial charge is 0.352 e. The highest BCUT2D eigenvalue weighted by Crippen LogP contribution is 2.42. The van der Waals surface area contributed by atoms with Crippen LogP contribution < -0.4 is 11.1 Å². The van der Waals surface area contributed by atoms with E-state index in [4.69, 9.17) is 28.9 Å². The van der Waals surface area contributed by atoms with Crippen molar-refractivity contribution in [3.8, 4) is 0 Å². The molecular weight excluding hydrogens is 235 g/mol. The molecule has 0 aliphatic heterocycles. The number of nitrogens with one attached hydrogen (secondary N) is 1. The molecule has 2 unspecified atom stereocenters. The van der Waals surface area contributed by atoms with Gasteiger partial charge in [0.25, 0.3) is 0 Å². The van der Waals surface area contributed by atoms with Gasteiger partial charge in [0.1, 0.15) is 0 Å². The Morgan fingerprint density at radius 2 is 2.13 bits per heavy atom. The number of carbonyl (C=O) groups excluding carboxylic acids is 1. The Kier molecular flexibility index (Phi) is 2.76. The van der Waals surface area contributed by atoms with Gasteiger partial charge < -0.3 is 11.1 Å². The second kappa shape index (κ2) is 3.91. The second-order valence-corrected chi connectivity index (χ2v) is 4.45. The molecule has 3 N–H and O–H groups in total. The normalized spacial score (nSPS) is 23.6. The van der Waals surface area contributed by atoms with Gasteiger partial charge in [-0.05, 0) is 24.1 Å². The summed E-state index contributed by atoms with van der Waals surface area (Å²) in [5, 5.41) is 3.74. The molecule has 1 aliphatic rings. The fourth-order valence-electron chi connectivity index (χ4n) is 1.65. The monoisotopic (exact) mass is 244 g/mol. The van der Waals surface area contributed by atoms with Crippen molar-refractivity contribution in [3.05, 3.63) is 33.8 Å². The lowest BCUT2D eigenvalue weighted by molar-refractivity contribution is 0.248. The number of rotatable bonds is 2. The van der Waals surface area contributed by atoms with E-state index < -0.39 is 6.03 Å². The van der Waals surface area contributed by atoms with E-state index in [1.165, 1.54) is 0 Å². The van der Waals surface area contributed by atoms with Crippen LogP contribution in [0.1, 0.15) is 17.9 Å². The first kappa shape index (κ1) is 10.6. The number of nitrogens with two attached hydrogens (primary N) is 1. The minimum Gasteiger partial charge on any atom is -0.352 e. The third-order valence-corrected chi connectivity index (χ3v) is 3.23. The van der Waals surface area contributed by atoms with Crippen LogP contribution in [-0.2, 0) is 0 Å². The minimum absolute atomic E-state index is 0.139. The summed E-state index contributed by atoms with van der Waals surface area (Å²) in [6.07, 6.45) is 0.904. The van der Waals surface area contributed by atoms with Gasteiger partial charge in [-0.2, -0.15) is 0 Å². The minimum atomic E-state index is -0.484. The van der Waals surface area contributed by atoms with Crippen molar-refractivity contribution in [2.75, 3.05) is 0 Å². The lowest BCUT2D eigenvalue weighted by Crippen LogP contribution is -2.31. The molecule has 2 rings (SSSR count). The van der Waals surface area contributed by atoms with E-state index >= 15 is 0 Å². The fraction of sp³-hybridized carbons (Fsp3) is 0.300. The van der Waals surface area contributed by atoms with Crippen molar-refractivity contribution in [1.82, 2.24) is 5.32 Å². The summed E-state index contributed by atoms with van der Waals surface area (Å²) in [7, 11) is 0. The van der Waals surface area contributed by atoms with Crippen LogP contribution in [0.3, 0.4) is 0 Å². The Hall–Kier alpha value is -0.930. The van der Waals surface area contributed by atoms with E-state index in [1.807, 2.05) is 12.1 Å². The van der Waals surface area contributed by atoms with Gasteiger partial charge in [-0.1, -0.05) is 29.3 Å². The molecule has 15 heavy (non-hydrogen) atoms. The summed E-state index contributed by atoms with van der Waals surface area (Å²) in [6, 6.07) is 5.17. The third-order valence-electron chi connectivity index (χ3n) is 2.49. The number of primary amides is 1. The van der Waals surface area contributed by atoms with Crippen LogP contribution in [0.15, 0.2) is 18.2 Å². The molecule has 1 fully saturated rings. The van der Waals surface area contributed by atoms with Crippen LogP contribution in [-0.4, -0.2) is 12.1 Å². The molecule has 0 aromatic heterocycles. The van der Waals surface area contributed by atoms with E-state index in [2.05, 4.69) is 5.32 Å². The summed E-state index contributed by atoms with van der Waals surface area (Å²) < 4.78 is 0. The van der Waals surface area contributed by atoms with Crippen LogP contribution in [0, 0.1) is 0 Å². The maximum atomic E-state index is 10.6. The molecule has 3 nitrogen and oxygen atoms in total. The Morgan fingerprint density at radius 3 is 2.73 bits per heavy atom. The summed E-state index contributed by atoms with van der Waals surface area (Å²) in [4.78, 5) is 10.6. The number of benzene rings is 1. The molecule has 2 amide bonds. The summed E-state index contributed by atoms with van der Waals surface area (Å²) >= 11 is 11.7. The maximum Gasteiger partial charge on any atom is 0.312 e. The van der Waals surface area contributed by atoms with Crippen molar-refractivity contribution >= 4 is 29.2 Å². The Morgan fingerprint density at radius 1 is 1.40 bits per heavy atom. The standard InChI is InChI=1S/C10H10Cl2N2O/c11-7-2-1-5(3-8(7)12)6-4-9(6)14-10(13)15/h1-3,6,9H,4H2,(H3,13,14,15). The number of halogens is 2. The molecule has 0 spiro atoms. The van der Waals surface area contributed by atoms with E-state index in [9.17, 15) is 4.79 Å². The van der Waals surface area contributed by atoms with Crippen LogP contribution >= 0.6 is 23.2 Å². The zero-order valence-electron chi connectivity index (χ0n) is 7.84. The van der Waals surface area contributed by atoms with Gasteiger partial charge in [0.2, 0.25) is 0 Å². The topological polar surface area (TPSA) is 55.1 Å². The molecule has 1 aromatic rings. The second-order valence-electron chi connectivity index (χ2n) is 3.63. The van der Waals surface area contributed by atoms with E-state index in [0.717, 1.165) is 12.0 Å². The van der Waals surface area contributed by atoms with Gasteiger partial charge in [-0.15, -0.1) is 0 Å². The number of amides is 2. The molecule has 0 heterocycles. The highest BCUT2D eigenvalue weighted by atomic mass is 35.5. The van der Waals surface area contributed by atoms with Crippen LogP contribution in [0.5, 0.6) is 0 Å². The SMILES string of the molecule is NC(=O)NC1CC1c1ccc(Cl)c(Cl)c1. The first-order valence-corrected chi connectivity index (χ1v) is 5.34. The molecular formula is C10H10Cl2N2O. The number of hydrogen-bond donors (Lipinski definition) is 2. The zero-order chi connectivity index (χ0) is 11.0. The Labute approximate surface area is 97.5 Å². The third kappa shape index (κ3) is 2.36. The first-order chi connectivity index (χ1) is 7.08. The van der Waals surface area contributed by atoms with Crippen molar-refractivity contribution in [3.63, 3.8) is 0 Å². The maximum absolute atomic E-state index is 10.6. The highest BCUT2D eigenvalue weighted by Gasteiger charge is 2.39. The van der Waals surface area contributed by atoms with Crippen molar-refractivity contribution in [2.24, 2.45) is 5.73 Å². The highest BCUT2D eigenvalue weighted by molar-refractivity contribution is 6.42. The molecule has 2 atom stereocenters. The van der Waals surface area contributed by atoms with E-state index in [1.54, 1.807) is 6.07 Å². The molecule has 80 valence electrons. The van der Waals surface area contributed by atoms with Crippen molar-refractivity contribution in [1.29, 1.82) is 0 Å². The van der Waals surface area contributed by atoms with E-state index in [0.29, 0.717) is 16.0 Å². The molecule has 1 aliphatic carbocycles. The predicted octanol–water partition coefficient (Wildman–Crippen LogP) is 2.52. The van der Waals surface area contributed by atoms with Gasteiger partial charge in [0.05, 0.1) is 10.0 Å². The van der Waals surface area contributed by atoms with Gasteiger partial charge in [0, 0.05) is 12.0 Å². The molecule has 0 bridgehead atoms. The Bertz CT molecular complexity index is 408. The molecule has 0 saturated heterocycles. The summed E-state index contributed by atoms with van der Waals surface area (Å²) in [5.41, 5.74) is 6.12. The lowest BCUT2D eigenvalue weighted by atomic mass is 10.1. The quantitative estimate of drug-likeness (QED) is 0.826. The molecule has 0 radical (unpaired) electrons. The van der Waals surface area contributed by atoms with Crippen molar-refractivity contribution < 1.29 is 4.79 Å². The first-order valence-electron chi connectivity index (χ1n) is 4.59.